The van der Waals surface area contributed by atoms with Crippen molar-refractivity contribution in [2.75, 3.05) is 39.3 Å². The number of quaternary nitrogens is 1. The summed E-state index contributed by atoms with van der Waals surface area (Å²) in [5, 5.41) is 32.2. The van der Waals surface area contributed by atoms with Crippen LogP contribution in [0.1, 0.15) is 17.2 Å². The zero-order valence-electron chi connectivity index (χ0n) is 14.7. The van der Waals surface area contributed by atoms with Gasteiger partial charge < -0.3 is 20.1 Å². The maximum Gasteiger partial charge on any atom is 0.126 e. The maximum atomic E-state index is 12.8. The molecule has 0 aliphatic carbocycles. The first-order valence-electron chi connectivity index (χ1n) is 8.91. The van der Waals surface area contributed by atoms with Gasteiger partial charge in [-0.2, -0.15) is 0 Å². The van der Waals surface area contributed by atoms with Gasteiger partial charge in [0.15, 0.2) is 0 Å². The van der Waals surface area contributed by atoms with Crippen molar-refractivity contribution in [2.24, 2.45) is 0 Å². The molecule has 2 atom stereocenters. The van der Waals surface area contributed by atoms with Gasteiger partial charge in [0.1, 0.15) is 12.6 Å². The first kappa shape index (κ1) is 19.3. The predicted molar refractivity (Wildman–Crippen MR) is 103 cm³/mol. The van der Waals surface area contributed by atoms with E-state index in [1.165, 1.54) is 5.56 Å². The van der Waals surface area contributed by atoms with Gasteiger partial charge in [-0.15, -0.1) is 0 Å². The number of hydroxylamine groups is 3. The third kappa shape index (κ3) is 4.62. The fraction of sp³-hybridized carbons (Fsp3) is 0.400. The standard InChI is InChI=1S/C20H25ClN2O3/c21-18-8-6-17(7-9-18)20(16-4-2-1-3-5-16)22-10-12-23(26,13-11-22)14-19(25)15-24/h1-9,19-20,24-25H,10-15H2. The Morgan fingerprint density at radius 3 is 2.15 bits per heavy atom. The van der Waals surface area contributed by atoms with Crippen molar-refractivity contribution in [3.8, 4) is 0 Å². The van der Waals surface area contributed by atoms with E-state index in [1.54, 1.807) is 0 Å². The normalized spacial score (nSPS) is 19.8. The summed E-state index contributed by atoms with van der Waals surface area (Å²) in [6.07, 6.45) is -0.958. The molecule has 140 valence electrons. The summed E-state index contributed by atoms with van der Waals surface area (Å²) >= 11 is 6.05. The quantitative estimate of drug-likeness (QED) is 0.600. The van der Waals surface area contributed by atoms with Gasteiger partial charge >= 0.3 is 0 Å². The van der Waals surface area contributed by atoms with Gasteiger partial charge in [-0.25, -0.2) is 0 Å². The van der Waals surface area contributed by atoms with Crippen molar-refractivity contribution in [1.29, 1.82) is 0 Å². The summed E-state index contributed by atoms with van der Waals surface area (Å²) in [5.41, 5.74) is 2.32. The minimum atomic E-state index is -0.958. The van der Waals surface area contributed by atoms with Crippen LogP contribution in [0.2, 0.25) is 5.02 Å². The van der Waals surface area contributed by atoms with E-state index in [0.29, 0.717) is 31.2 Å². The molecule has 0 amide bonds. The lowest BCUT2D eigenvalue weighted by atomic mass is 9.96. The molecule has 0 spiro atoms. The van der Waals surface area contributed by atoms with Crippen molar-refractivity contribution in [3.63, 3.8) is 0 Å². The zero-order chi connectivity index (χ0) is 18.6. The minimum Gasteiger partial charge on any atom is -0.633 e. The summed E-state index contributed by atoms with van der Waals surface area (Å²) in [5.74, 6) is 0. The topological polar surface area (TPSA) is 66.8 Å². The largest absolute Gasteiger partial charge is 0.633 e. The van der Waals surface area contributed by atoms with Crippen LogP contribution in [0.25, 0.3) is 0 Å². The highest BCUT2D eigenvalue weighted by Gasteiger charge is 2.32. The van der Waals surface area contributed by atoms with E-state index in [2.05, 4.69) is 17.0 Å². The van der Waals surface area contributed by atoms with Crippen molar-refractivity contribution in [2.45, 2.75) is 12.1 Å². The lowest BCUT2D eigenvalue weighted by Gasteiger charge is -2.50. The Morgan fingerprint density at radius 1 is 1.00 bits per heavy atom. The highest BCUT2D eigenvalue weighted by molar-refractivity contribution is 6.30. The molecular weight excluding hydrogens is 352 g/mol. The second-order valence-corrected chi connectivity index (χ2v) is 7.36. The van der Waals surface area contributed by atoms with Crippen LogP contribution in [0.5, 0.6) is 0 Å². The number of aliphatic hydroxyl groups excluding tert-OH is 2. The molecule has 0 saturated carbocycles. The minimum absolute atomic E-state index is 0.0429. The van der Waals surface area contributed by atoms with Crippen LogP contribution in [0.15, 0.2) is 54.6 Å². The predicted octanol–water partition coefficient (Wildman–Crippen LogP) is 2.41. The summed E-state index contributed by atoms with van der Waals surface area (Å²) in [4.78, 5) is 2.30. The summed E-state index contributed by atoms with van der Waals surface area (Å²) in [7, 11) is 0. The van der Waals surface area contributed by atoms with Gasteiger partial charge in [0.05, 0.1) is 25.7 Å². The number of benzene rings is 2. The second-order valence-electron chi connectivity index (χ2n) is 6.93. The van der Waals surface area contributed by atoms with E-state index in [-0.39, 0.29) is 19.2 Å². The van der Waals surface area contributed by atoms with Crippen LogP contribution in [0, 0.1) is 5.21 Å². The average molecular weight is 377 g/mol. The molecule has 1 fully saturated rings. The monoisotopic (exact) mass is 376 g/mol. The molecule has 2 aromatic rings. The fourth-order valence-electron chi connectivity index (χ4n) is 3.62. The Balaban J connectivity index is 1.80. The summed E-state index contributed by atoms with van der Waals surface area (Å²) in [6.45, 7) is 1.72. The second kappa shape index (κ2) is 8.48. The van der Waals surface area contributed by atoms with Gasteiger partial charge in [0.2, 0.25) is 0 Å². The smallest absolute Gasteiger partial charge is 0.126 e. The molecule has 2 aromatic carbocycles. The van der Waals surface area contributed by atoms with E-state index < -0.39 is 10.8 Å². The van der Waals surface area contributed by atoms with E-state index in [9.17, 15) is 10.3 Å². The third-order valence-corrected chi connectivity index (χ3v) is 5.26. The van der Waals surface area contributed by atoms with Crippen LogP contribution in [-0.4, -0.2) is 65.2 Å². The maximum absolute atomic E-state index is 12.8. The molecule has 1 aliphatic rings. The Kier molecular flexibility index (Phi) is 6.29. The zero-order valence-corrected chi connectivity index (χ0v) is 15.4. The number of piperazine rings is 1. The molecule has 0 radical (unpaired) electrons. The van der Waals surface area contributed by atoms with Crippen LogP contribution in [-0.2, 0) is 0 Å². The van der Waals surface area contributed by atoms with Gasteiger partial charge in [-0.1, -0.05) is 54.1 Å². The average Bonchev–Trinajstić information content (AvgIpc) is 2.66. The van der Waals surface area contributed by atoms with Gasteiger partial charge in [-0.3, -0.25) is 4.90 Å². The Bertz CT molecular complexity index is 688. The van der Waals surface area contributed by atoms with Crippen molar-refractivity contribution >= 4 is 11.6 Å². The first-order valence-corrected chi connectivity index (χ1v) is 9.29. The molecule has 1 saturated heterocycles. The SMILES string of the molecule is [O-][N+]1(CC(O)CO)CCN(C(c2ccccc2)c2ccc(Cl)cc2)CC1. The summed E-state index contributed by atoms with van der Waals surface area (Å²) < 4.78 is -0.458. The van der Waals surface area contributed by atoms with Crippen LogP contribution < -0.4 is 0 Å². The van der Waals surface area contributed by atoms with Gasteiger partial charge in [-0.05, 0) is 23.3 Å². The molecular formula is C20H25ClN2O3. The number of hydrogen-bond acceptors (Lipinski definition) is 4. The summed E-state index contributed by atoms with van der Waals surface area (Å²) in [6, 6.07) is 18.1. The van der Waals surface area contributed by atoms with Crippen LogP contribution in [0.3, 0.4) is 0 Å². The van der Waals surface area contributed by atoms with E-state index >= 15 is 0 Å². The lowest BCUT2D eigenvalue weighted by molar-refractivity contribution is -0.888. The molecule has 1 aliphatic heterocycles. The molecule has 2 unspecified atom stereocenters. The molecule has 0 aromatic heterocycles. The molecule has 1 heterocycles. The first-order chi connectivity index (χ1) is 12.5. The van der Waals surface area contributed by atoms with Crippen molar-refractivity contribution < 1.29 is 14.9 Å². The van der Waals surface area contributed by atoms with E-state index in [1.807, 2.05) is 42.5 Å². The van der Waals surface area contributed by atoms with Crippen molar-refractivity contribution in [3.05, 3.63) is 76.0 Å². The van der Waals surface area contributed by atoms with E-state index in [4.69, 9.17) is 16.7 Å². The van der Waals surface area contributed by atoms with Crippen LogP contribution >= 0.6 is 11.6 Å². The molecule has 26 heavy (non-hydrogen) atoms. The Morgan fingerprint density at radius 2 is 1.58 bits per heavy atom. The fourth-order valence-corrected chi connectivity index (χ4v) is 3.75. The number of halogens is 1. The molecule has 6 heteroatoms. The Labute approximate surface area is 159 Å². The number of rotatable bonds is 6. The number of nitrogens with zero attached hydrogens (tertiary/aromatic N) is 2. The molecule has 3 rings (SSSR count). The van der Waals surface area contributed by atoms with Gasteiger partial charge in [0.25, 0.3) is 0 Å². The highest BCUT2D eigenvalue weighted by atomic mass is 35.5. The Hall–Kier alpha value is -1.47. The number of aliphatic hydroxyl groups is 2. The molecule has 2 N–H and O–H groups in total. The highest BCUT2D eigenvalue weighted by Crippen LogP contribution is 2.31. The number of hydrogen-bond donors (Lipinski definition) is 2. The molecule has 5 nitrogen and oxygen atoms in total. The van der Waals surface area contributed by atoms with Crippen molar-refractivity contribution in [1.82, 2.24) is 4.90 Å². The third-order valence-electron chi connectivity index (χ3n) is 5.01. The van der Waals surface area contributed by atoms with Gasteiger partial charge in [0, 0.05) is 18.1 Å². The molecule has 0 bridgehead atoms. The lowest BCUT2D eigenvalue weighted by Crippen LogP contribution is -2.59. The van der Waals surface area contributed by atoms with Crippen LogP contribution in [0.4, 0.5) is 0 Å². The van der Waals surface area contributed by atoms with E-state index in [0.717, 1.165) is 5.56 Å².